The van der Waals surface area contributed by atoms with Gasteiger partial charge in [0.15, 0.2) is 11.7 Å². The third-order valence-corrected chi connectivity index (χ3v) is 3.51. The second kappa shape index (κ2) is 5.24. The summed E-state index contributed by atoms with van der Waals surface area (Å²) >= 11 is 1.12. The summed E-state index contributed by atoms with van der Waals surface area (Å²) in [6.07, 6.45) is 0. The van der Waals surface area contributed by atoms with E-state index < -0.39 is 28.9 Å². The number of benzene rings is 1. The van der Waals surface area contributed by atoms with Gasteiger partial charge in [-0.1, -0.05) is 6.07 Å². The van der Waals surface area contributed by atoms with Crippen LogP contribution in [-0.4, -0.2) is 10.8 Å². The van der Waals surface area contributed by atoms with Crippen molar-refractivity contribution in [1.82, 2.24) is 4.98 Å². The van der Waals surface area contributed by atoms with Crippen LogP contribution in [0.2, 0.25) is 0 Å². The summed E-state index contributed by atoms with van der Waals surface area (Å²) < 4.78 is 27.1. The van der Waals surface area contributed by atoms with Gasteiger partial charge in [-0.15, -0.1) is 11.3 Å². The summed E-state index contributed by atoms with van der Waals surface area (Å²) in [5, 5.41) is 11.0. The monoisotopic (exact) mass is 278 g/mol. The lowest BCUT2D eigenvalue weighted by molar-refractivity contribution is 0.0970. The average Bonchev–Trinajstić information content (AvgIpc) is 2.76. The van der Waals surface area contributed by atoms with E-state index >= 15 is 0 Å². The van der Waals surface area contributed by atoms with Crippen molar-refractivity contribution in [3.05, 3.63) is 51.5 Å². The Kier molecular flexibility index (Phi) is 3.67. The van der Waals surface area contributed by atoms with Gasteiger partial charge in [0.1, 0.15) is 16.6 Å². The minimum atomic E-state index is -1.29. The standard InChI is InChI=1S/C13H8F2N2OS/c1-7-6-19-13(17-7)8(5-16)12(18)11-9(14)3-2-4-10(11)15/h2-4,6,8H,1H3. The molecule has 2 aromatic rings. The highest BCUT2D eigenvalue weighted by molar-refractivity contribution is 7.10. The Hall–Kier alpha value is -2.13. The summed E-state index contributed by atoms with van der Waals surface area (Å²) in [6, 6.07) is 4.88. The molecule has 0 bridgehead atoms. The number of carbonyl (C=O) groups is 1. The first-order valence-corrected chi connectivity index (χ1v) is 6.22. The van der Waals surface area contributed by atoms with Gasteiger partial charge in [-0.3, -0.25) is 4.79 Å². The third kappa shape index (κ3) is 2.51. The zero-order valence-electron chi connectivity index (χ0n) is 9.85. The maximum Gasteiger partial charge on any atom is 0.192 e. The van der Waals surface area contributed by atoms with E-state index in [4.69, 9.17) is 5.26 Å². The molecule has 0 aliphatic carbocycles. The van der Waals surface area contributed by atoms with Crippen LogP contribution in [0.15, 0.2) is 23.6 Å². The Morgan fingerprint density at radius 2 is 2.05 bits per heavy atom. The number of carbonyl (C=O) groups excluding carboxylic acids is 1. The molecule has 0 aliphatic heterocycles. The third-order valence-electron chi connectivity index (χ3n) is 2.48. The van der Waals surface area contributed by atoms with E-state index in [1.807, 2.05) is 0 Å². The topological polar surface area (TPSA) is 53.8 Å². The molecule has 3 nitrogen and oxygen atoms in total. The molecule has 0 radical (unpaired) electrons. The molecule has 19 heavy (non-hydrogen) atoms. The van der Waals surface area contributed by atoms with Crippen molar-refractivity contribution in [3.8, 4) is 6.07 Å². The first-order valence-electron chi connectivity index (χ1n) is 5.34. The number of nitriles is 1. The van der Waals surface area contributed by atoms with E-state index in [-0.39, 0.29) is 5.01 Å². The largest absolute Gasteiger partial charge is 0.292 e. The maximum absolute atomic E-state index is 13.5. The van der Waals surface area contributed by atoms with Crippen molar-refractivity contribution in [3.63, 3.8) is 0 Å². The first kappa shape index (κ1) is 13.3. The average molecular weight is 278 g/mol. The van der Waals surface area contributed by atoms with Gasteiger partial charge in [0.2, 0.25) is 0 Å². The lowest BCUT2D eigenvalue weighted by Gasteiger charge is -2.07. The number of Topliss-reactive ketones (excluding diaryl/α,β-unsaturated/α-hetero) is 1. The summed E-state index contributed by atoms with van der Waals surface area (Å²) in [4.78, 5) is 16.1. The van der Waals surface area contributed by atoms with Crippen LogP contribution in [-0.2, 0) is 0 Å². The smallest absolute Gasteiger partial charge is 0.192 e. The van der Waals surface area contributed by atoms with E-state index in [1.54, 1.807) is 18.4 Å². The highest BCUT2D eigenvalue weighted by atomic mass is 32.1. The Morgan fingerprint density at radius 3 is 2.53 bits per heavy atom. The van der Waals surface area contributed by atoms with Gasteiger partial charge < -0.3 is 0 Å². The lowest BCUT2D eigenvalue weighted by Crippen LogP contribution is -2.14. The van der Waals surface area contributed by atoms with Gasteiger partial charge in [0.25, 0.3) is 0 Å². The summed E-state index contributed by atoms with van der Waals surface area (Å²) in [5.74, 6) is -4.14. The van der Waals surface area contributed by atoms with Crippen LogP contribution in [0.25, 0.3) is 0 Å². The van der Waals surface area contributed by atoms with Crippen LogP contribution in [0.5, 0.6) is 0 Å². The van der Waals surface area contributed by atoms with Gasteiger partial charge in [0.05, 0.1) is 11.6 Å². The fraction of sp³-hybridized carbons (Fsp3) is 0.154. The number of halogens is 2. The molecule has 96 valence electrons. The van der Waals surface area contributed by atoms with Gasteiger partial charge in [-0.05, 0) is 19.1 Å². The lowest BCUT2D eigenvalue weighted by atomic mass is 9.98. The molecular formula is C13H8F2N2OS. The van der Waals surface area contributed by atoms with Crippen LogP contribution in [0, 0.1) is 29.9 Å². The normalized spacial score (nSPS) is 11.9. The zero-order valence-corrected chi connectivity index (χ0v) is 10.7. The Bertz CT molecular complexity index is 655. The Morgan fingerprint density at radius 1 is 1.42 bits per heavy atom. The molecule has 1 heterocycles. The fourth-order valence-corrected chi connectivity index (χ4v) is 2.44. The van der Waals surface area contributed by atoms with E-state index in [0.29, 0.717) is 5.69 Å². The molecule has 0 saturated heterocycles. The van der Waals surface area contributed by atoms with Gasteiger partial charge in [-0.2, -0.15) is 5.26 Å². The number of thiazole rings is 1. The number of aromatic nitrogens is 1. The summed E-state index contributed by atoms with van der Waals surface area (Å²) in [6.45, 7) is 1.71. The van der Waals surface area contributed by atoms with Crippen LogP contribution in [0.3, 0.4) is 0 Å². The zero-order chi connectivity index (χ0) is 14.0. The van der Waals surface area contributed by atoms with Gasteiger partial charge in [0, 0.05) is 11.1 Å². The molecule has 1 atom stereocenters. The Labute approximate surface area is 112 Å². The highest BCUT2D eigenvalue weighted by Crippen LogP contribution is 2.26. The molecule has 0 saturated carbocycles. The molecule has 0 fully saturated rings. The Balaban J connectivity index is 2.46. The van der Waals surface area contributed by atoms with Gasteiger partial charge >= 0.3 is 0 Å². The van der Waals surface area contributed by atoms with E-state index in [0.717, 1.165) is 29.5 Å². The van der Waals surface area contributed by atoms with E-state index in [2.05, 4.69) is 4.98 Å². The SMILES string of the molecule is Cc1csc(C(C#N)C(=O)c2c(F)cccc2F)n1. The molecular weight excluding hydrogens is 270 g/mol. The van der Waals surface area contributed by atoms with Crippen molar-refractivity contribution < 1.29 is 13.6 Å². The summed E-state index contributed by atoms with van der Waals surface area (Å²) in [7, 11) is 0. The van der Waals surface area contributed by atoms with Crippen molar-refractivity contribution in [1.29, 1.82) is 5.26 Å². The molecule has 1 aromatic carbocycles. The van der Waals surface area contributed by atoms with Crippen molar-refractivity contribution in [2.75, 3.05) is 0 Å². The second-order valence-electron chi connectivity index (χ2n) is 3.85. The minimum absolute atomic E-state index is 0.243. The number of hydrogen-bond acceptors (Lipinski definition) is 4. The molecule has 0 amide bonds. The quantitative estimate of drug-likeness (QED) is 0.810. The van der Waals surface area contributed by atoms with Crippen molar-refractivity contribution in [2.45, 2.75) is 12.8 Å². The van der Waals surface area contributed by atoms with Gasteiger partial charge in [-0.25, -0.2) is 13.8 Å². The number of rotatable bonds is 3. The van der Waals surface area contributed by atoms with E-state index in [1.165, 1.54) is 0 Å². The highest BCUT2D eigenvalue weighted by Gasteiger charge is 2.29. The number of hydrogen-bond donors (Lipinski definition) is 0. The predicted octanol–water partition coefficient (Wildman–Crippen LogP) is 3.22. The van der Waals surface area contributed by atoms with Crippen LogP contribution >= 0.6 is 11.3 Å². The van der Waals surface area contributed by atoms with Crippen molar-refractivity contribution >= 4 is 17.1 Å². The molecule has 1 unspecified atom stereocenters. The van der Waals surface area contributed by atoms with E-state index in [9.17, 15) is 13.6 Å². The van der Waals surface area contributed by atoms with Crippen LogP contribution < -0.4 is 0 Å². The molecule has 2 rings (SSSR count). The molecule has 0 aliphatic rings. The number of aryl methyl sites for hydroxylation is 1. The number of ketones is 1. The van der Waals surface area contributed by atoms with Crippen LogP contribution in [0.4, 0.5) is 8.78 Å². The second-order valence-corrected chi connectivity index (χ2v) is 4.74. The minimum Gasteiger partial charge on any atom is -0.292 e. The van der Waals surface area contributed by atoms with Crippen molar-refractivity contribution in [2.24, 2.45) is 0 Å². The fourth-order valence-electron chi connectivity index (χ4n) is 1.61. The summed E-state index contributed by atoms with van der Waals surface area (Å²) in [5.41, 5.74) is -0.0380. The predicted molar refractivity (Wildman–Crippen MR) is 65.9 cm³/mol. The first-order chi connectivity index (χ1) is 9.04. The molecule has 1 aromatic heterocycles. The molecule has 6 heteroatoms. The molecule has 0 spiro atoms. The maximum atomic E-state index is 13.5. The van der Waals surface area contributed by atoms with Crippen LogP contribution in [0.1, 0.15) is 27.0 Å². The number of nitrogens with zero attached hydrogens (tertiary/aromatic N) is 2. The molecule has 0 N–H and O–H groups in total.